The van der Waals surface area contributed by atoms with Gasteiger partial charge in [0.15, 0.2) is 0 Å². The number of ether oxygens (including phenoxy) is 1. The molecule has 1 heterocycles. The number of alkyl halides is 3. The fraction of sp³-hybridized carbons (Fsp3) is 0.267. The molecule has 0 aliphatic rings. The summed E-state index contributed by atoms with van der Waals surface area (Å²) in [5.41, 5.74) is 12.0. The molecule has 0 radical (unpaired) electrons. The van der Waals surface area contributed by atoms with Crippen LogP contribution in [0.1, 0.15) is 18.2 Å². The Morgan fingerprint density at radius 3 is 2.50 bits per heavy atom. The third-order valence-electron chi connectivity index (χ3n) is 3.29. The van der Waals surface area contributed by atoms with Crippen molar-refractivity contribution < 1.29 is 22.4 Å². The van der Waals surface area contributed by atoms with Crippen LogP contribution in [-0.4, -0.2) is 11.6 Å². The van der Waals surface area contributed by atoms with E-state index in [1.165, 1.54) is 23.7 Å². The van der Waals surface area contributed by atoms with E-state index in [0.29, 0.717) is 0 Å². The van der Waals surface area contributed by atoms with E-state index in [4.69, 9.17) is 16.2 Å². The lowest BCUT2D eigenvalue weighted by Gasteiger charge is -2.15. The first-order valence-electron chi connectivity index (χ1n) is 7.02. The number of halogens is 4. The second kappa shape index (κ2) is 6.91. The van der Waals surface area contributed by atoms with Gasteiger partial charge < -0.3 is 16.2 Å². The standard InChI is InChI=1S/C15H16F4N4O/c1-2-24-13-4-3-8(5-9(13)15(16,17)18)11-6-10(21)14(23-19)12(7-20)22-11/h3-6,23H,2,7,20H2,1H3,(H2,21,22). The monoisotopic (exact) mass is 344 g/mol. The van der Waals surface area contributed by atoms with E-state index in [0.717, 1.165) is 6.07 Å². The summed E-state index contributed by atoms with van der Waals surface area (Å²) in [6.07, 6.45) is -4.59. The molecule has 24 heavy (non-hydrogen) atoms. The molecule has 0 fully saturated rings. The maximum atomic E-state index is 13.2. The number of nitrogen functional groups attached to an aromatic ring is 1. The zero-order valence-corrected chi connectivity index (χ0v) is 12.7. The largest absolute Gasteiger partial charge is 0.493 e. The van der Waals surface area contributed by atoms with Gasteiger partial charge in [-0.2, -0.15) is 13.2 Å². The molecule has 130 valence electrons. The third-order valence-corrected chi connectivity index (χ3v) is 3.29. The van der Waals surface area contributed by atoms with Crippen molar-refractivity contribution in [3.63, 3.8) is 0 Å². The van der Waals surface area contributed by atoms with Crippen molar-refractivity contribution in [3.05, 3.63) is 35.5 Å². The smallest absolute Gasteiger partial charge is 0.419 e. The van der Waals surface area contributed by atoms with Crippen LogP contribution in [0, 0.1) is 0 Å². The average Bonchev–Trinajstić information content (AvgIpc) is 2.53. The molecule has 0 amide bonds. The summed E-state index contributed by atoms with van der Waals surface area (Å²) in [5.74, 6) is -0.275. The van der Waals surface area contributed by atoms with Gasteiger partial charge in [0.2, 0.25) is 0 Å². The highest BCUT2D eigenvalue weighted by atomic mass is 19.4. The Balaban J connectivity index is 2.59. The molecule has 2 aromatic rings. The SMILES string of the molecule is CCOc1ccc(-c2cc(N)c(NF)c(CN)n2)cc1C(F)(F)F. The number of nitrogens with one attached hydrogen (secondary N) is 1. The van der Waals surface area contributed by atoms with Gasteiger partial charge in [0.1, 0.15) is 11.4 Å². The van der Waals surface area contributed by atoms with Crippen LogP contribution < -0.4 is 21.7 Å². The van der Waals surface area contributed by atoms with Gasteiger partial charge in [0.25, 0.3) is 0 Å². The molecule has 9 heteroatoms. The number of anilines is 2. The van der Waals surface area contributed by atoms with Crippen LogP contribution in [0.3, 0.4) is 0 Å². The number of benzene rings is 1. The minimum absolute atomic E-state index is 0.00890. The van der Waals surface area contributed by atoms with E-state index in [2.05, 4.69) is 4.98 Å². The maximum Gasteiger partial charge on any atom is 0.419 e. The lowest BCUT2D eigenvalue weighted by molar-refractivity contribution is -0.138. The summed E-state index contributed by atoms with van der Waals surface area (Å²) < 4.78 is 57.4. The molecule has 0 aliphatic heterocycles. The van der Waals surface area contributed by atoms with Crippen molar-refractivity contribution in [2.75, 3.05) is 17.9 Å². The van der Waals surface area contributed by atoms with Crippen LogP contribution in [-0.2, 0) is 12.7 Å². The topological polar surface area (TPSA) is 86.2 Å². The maximum absolute atomic E-state index is 13.2. The van der Waals surface area contributed by atoms with E-state index < -0.39 is 11.7 Å². The highest BCUT2D eigenvalue weighted by Gasteiger charge is 2.35. The van der Waals surface area contributed by atoms with E-state index in [9.17, 15) is 17.7 Å². The quantitative estimate of drug-likeness (QED) is 0.571. The molecule has 1 aromatic carbocycles. The van der Waals surface area contributed by atoms with Crippen LogP contribution in [0.15, 0.2) is 24.3 Å². The number of nitrogens with two attached hydrogens (primary N) is 2. The second-order valence-electron chi connectivity index (χ2n) is 4.86. The predicted octanol–water partition coefficient (Wildman–Crippen LogP) is 3.50. The van der Waals surface area contributed by atoms with Crippen LogP contribution in [0.4, 0.5) is 29.0 Å². The second-order valence-corrected chi connectivity index (χ2v) is 4.86. The molecule has 0 saturated heterocycles. The average molecular weight is 344 g/mol. The van der Waals surface area contributed by atoms with Gasteiger partial charge in [-0.3, -0.25) is 0 Å². The van der Waals surface area contributed by atoms with Gasteiger partial charge in [0.05, 0.1) is 29.2 Å². The Kier molecular flexibility index (Phi) is 5.13. The molecule has 1 aromatic heterocycles. The number of aromatic nitrogens is 1. The minimum atomic E-state index is -4.59. The summed E-state index contributed by atoms with van der Waals surface area (Å²) >= 11 is 0. The summed E-state index contributed by atoms with van der Waals surface area (Å²) in [4.78, 5) is 4.08. The van der Waals surface area contributed by atoms with Gasteiger partial charge in [-0.1, -0.05) is 0 Å². The van der Waals surface area contributed by atoms with Crippen molar-refractivity contribution in [3.8, 4) is 17.0 Å². The molecule has 0 aliphatic carbocycles. The lowest BCUT2D eigenvalue weighted by atomic mass is 10.0. The highest BCUT2D eigenvalue weighted by molar-refractivity contribution is 5.75. The number of nitrogens with zero attached hydrogens (tertiary/aromatic N) is 1. The Morgan fingerprint density at radius 1 is 1.25 bits per heavy atom. The van der Waals surface area contributed by atoms with E-state index in [1.807, 2.05) is 0 Å². The summed E-state index contributed by atoms with van der Waals surface area (Å²) in [7, 11) is 0. The first kappa shape index (κ1) is 17.8. The predicted molar refractivity (Wildman–Crippen MR) is 82.9 cm³/mol. The molecule has 0 bridgehead atoms. The molecule has 2 rings (SSSR count). The lowest BCUT2D eigenvalue weighted by Crippen LogP contribution is -2.10. The van der Waals surface area contributed by atoms with Gasteiger partial charge >= 0.3 is 6.18 Å². The van der Waals surface area contributed by atoms with Crippen molar-refractivity contribution in [2.24, 2.45) is 5.73 Å². The summed E-state index contributed by atoms with van der Waals surface area (Å²) in [6.45, 7) is 1.56. The number of hydrogen-bond acceptors (Lipinski definition) is 5. The molecular weight excluding hydrogens is 328 g/mol. The van der Waals surface area contributed by atoms with E-state index >= 15 is 0 Å². The van der Waals surface area contributed by atoms with Crippen LogP contribution in [0.2, 0.25) is 0 Å². The molecule has 0 spiro atoms. The molecule has 0 unspecified atom stereocenters. The van der Waals surface area contributed by atoms with Gasteiger partial charge in [0, 0.05) is 12.1 Å². The highest BCUT2D eigenvalue weighted by Crippen LogP contribution is 2.39. The molecule has 0 saturated carbocycles. The Bertz CT molecular complexity index is 734. The van der Waals surface area contributed by atoms with Crippen molar-refractivity contribution in [2.45, 2.75) is 19.6 Å². The van der Waals surface area contributed by atoms with E-state index in [-0.39, 0.29) is 47.2 Å². The fourth-order valence-corrected chi connectivity index (χ4v) is 2.22. The van der Waals surface area contributed by atoms with Crippen molar-refractivity contribution >= 4 is 11.4 Å². The van der Waals surface area contributed by atoms with Gasteiger partial charge in [-0.05, 0) is 31.2 Å². The summed E-state index contributed by atoms with van der Waals surface area (Å²) in [5, 5.41) is 0. The van der Waals surface area contributed by atoms with Crippen molar-refractivity contribution in [1.29, 1.82) is 0 Å². The Labute approximate surface area is 135 Å². The Morgan fingerprint density at radius 2 is 1.96 bits per heavy atom. The summed E-state index contributed by atoms with van der Waals surface area (Å²) in [6, 6.07) is 4.82. The zero-order chi connectivity index (χ0) is 17.9. The molecule has 5 nitrogen and oxygen atoms in total. The fourth-order valence-electron chi connectivity index (χ4n) is 2.22. The number of hydrogen-bond donors (Lipinski definition) is 3. The molecule has 5 N–H and O–H groups in total. The van der Waals surface area contributed by atoms with Crippen molar-refractivity contribution in [1.82, 2.24) is 4.98 Å². The zero-order valence-electron chi connectivity index (χ0n) is 12.7. The number of pyridine rings is 1. The first-order valence-corrected chi connectivity index (χ1v) is 7.02. The normalized spacial score (nSPS) is 11.4. The third kappa shape index (κ3) is 3.51. The van der Waals surface area contributed by atoms with E-state index in [1.54, 1.807) is 6.92 Å². The van der Waals surface area contributed by atoms with Gasteiger partial charge in [-0.15, -0.1) is 4.48 Å². The minimum Gasteiger partial charge on any atom is -0.493 e. The van der Waals surface area contributed by atoms with Crippen LogP contribution in [0.25, 0.3) is 11.3 Å². The molecular formula is C15H16F4N4O. The van der Waals surface area contributed by atoms with Crippen LogP contribution >= 0.6 is 0 Å². The van der Waals surface area contributed by atoms with Gasteiger partial charge in [-0.25, -0.2) is 10.5 Å². The van der Waals surface area contributed by atoms with Crippen LogP contribution in [0.5, 0.6) is 5.75 Å². The number of rotatable bonds is 5. The molecule has 0 atom stereocenters. The Hall–Kier alpha value is -2.55. The first-order chi connectivity index (χ1) is 11.3.